The van der Waals surface area contributed by atoms with Gasteiger partial charge in [-0.15, -0.1) is 22.7 Å². The molecule has 4 nitrogen and oxygen atoms in total. The van der Waals surface area contributed by atoms with Crippen LogP contribution < -0.4 is 5.32 Å². The molecular weight excluding hydrogens is 318 g/mol. The van der Waals surface area contributed by atoms with E-state index < -0.39 is 0 Å². The monoisotopic (exact) mass is 331 g/mol. The Balaban J connectivity index is 1.76. The first-order chi connectivity index (χ1) is 10.7. The van der Waals surface area contributed by atoms with Gasteiger partial charge < -0.3 is 10.1 Å². The molecule has 1 N–H and O–H groups in total. The first-order valence-electron chi connectivity index (χ1n) is 6.60. The number of anilines is 1. The molecule has 22 heavy (non-hydrogen) atoms. The second-order valence-corrected chi connectivity index (χ2v) is 6.78. The fourth-order valence-electron chi connectivity index (χ4n) is 2.10. The van der Waals surface area contributed by atoms with E-state index in [2.05, 4.69) is 5.32 Å². The predicted molar refractivity (Wildman–Crippen MR) is 89.8 cm³/mol. The summed E-state index contributed by atoms with van der Waals surface area (Å²) in [5, 5.41) is 5.75. The van der Waals surface area contributed by atoms with E-state index >= 15 is 0 Å². The van der Waals surface area contributed by atoms with Gasteiger partial charge in [-0.05, 0) is 41.1 Å². The molecule has 0 bridgehead atoms. The summed E-state index contributed by atoms with van der Waals surface area (Å²) in [6.45, 7) is 0. The number of carbonyl (C=O) groups is 2. The Morgan fingerprint density at radius 2 is 2.09 bits per heavy atom. The molecule has 0 saturated carbocycles. The van der Waals surface area contributed by atoms with Crippen LogP contribution in [0.5, 0.6) is 0 Å². The van der Waals surface area contributed by atoms with Crippen LogP contribution in [0.4, 0.5) is 5.69 Å². The van der Waals surface area contributed by atoms with Crippen molar-refractivity contribution in [2.45, 2.75) is 6.42 Å². The van der Waals surface area contributed by atoms with Crippen molar-refractivity contribution in [2.24, 2.45) is 0 Å². The standard InChI is InChI=1S/C16H13NO3S2/c1-20-16(19)14-8-10-7-11(4-5-13(10)22-14)17-15(18)9-12-3-2-6-21-12/h2-8H,9H2,1H3,(H,17,18). The van der Waals surface area contributed by atoms with Crippen LogP contribution in [0.15, 0.2) is 41.8 Å². The van der Waals surface area contributed by atoms with Crippen molar-refractivity contribution >= 4 is 50.3 Å². The molecule has 0 fully saturated rings. The van der Waals surface area contributed by atoms with Crippen molar-refractivity contribution in [2.75, 3.05) is 12.4 Å². The number of hydrogen-bond donors (Lipinski definition) is 1. The average Bonchev–Trinajstić information content (AvgIpc) is 3.14. The van der Waals surface area contributed by atoms with Crippen LogP contribution in [0.25, 0.3) is 10.1 Å². The van der Waals surface area contributed by atoms with Crippen LogP contribution in [0, 0.1) is 0 Å². The van der Waals surface area contributed by atoms with E-state index in [1.54, 1.807) is 17.4 Å². The van der Waals surface area contributed by atoms with Gasteiger partial charge in [0.25, 0.3) is 0 Å². The van der Waals surface area contributed by atoms with E-state index in [1.807, 2.05) is 35.7 Å². The van der Waals surface area contributed by atoms with Gasteiger partial charge in [-0.25, -0.2) is 4.79 Å². The number of esters is 1. The maximum atomic E-state index is 12.0. The summed E-state index contributed by atoms with van der Waals surface area (Å²) in [6, 6.07) is 11.2. The minimum absolute atomic E-state index is 0.0507. The lowest BCUT2D eigenvalue weighted by Gasteiger charge is -2.04. The predicted octanol–water partition coefficient (Wildman–Crippen LogP) is 3.93. The number of fused-ring (bicyclic) bond motifs is 1. The van der Waals surface area contributed by atoms with E-state index in [0.717, 1.165) is 20.7 Å². The van der Waals surface area contributed by atoms with Crippen LogP contribution in [0.1, 0.15) is 14.5 Å². The number of thiophene rings is 2. The molecule has 112 valence electrons. The second kappa shape index (κ2) is 6.29. The summed E-state index contributed by atoms with van der Waals surface area (Å²) in [7, 11) is 1.36. The zero-order valence-corrected chi connectivity index (χ0v) is 13.4. The summed E-state index contributed by atoms with van der Waals surface area (Å²) in [6.07, 6.45) is 0.368. The second-order valence-electron chi connectivity index (χ2n) is 4.66. The Kier molecular flexibility index (Phi) is 4.22. The molecule has 2 aromatic heterocycles. The third kappa shape index (κ3) is 3.18. The molecule has 0 aliphatic rings. The summed E-state index contributed by atoms with van der Waals surface area (Å²) in [4.78, 5) is 25.1. The van der Waals surface area contributed by atoms with Crippen molar-refractivity contribution in [3.63, 3.8) is 0 Å². The fourth-order valence-corrected chi connectivity index (χ4v) is 3.76. The SMILES string of the molecule is COC(=O)c1cc2cc(NC(=O)Cc3cccs3)ccc2s1. The van der Waals surface area contributed by atoms with Gasteiger partial charge in [0, 0.05) is 15.3 Å². The minimum Gasteiger partial charge on any atom is -0.465 e. The van der Waals surface area contributed by atoms with Gasteiger partial charge in [-0.1, -0.05) is 6.07 Å². The fraction of sp³-hybridized carbons (Fsp3) is 0.125. The zero-order chi connectivity index (χ0) is 15.5. The molecular formula is C16H13NO3S2. The van der Waals surface area contributed by atoms with Crippen molar-refractivity contribution in [3.05, 3.63) is 51.5 Å². The molecule has 3 rings (SSSR count). The number of nitrogens with one attached hydrogen (secondary N) is 1. The van der Waals surface area contributed by atoms with Gasteiger partial charge in [0.2, 0.25) is 5.91 Å². The summed E-state index contributed by atoms with van der Waals surface area (Å²) in [5.74, 6) is -0.394. The molecule has 0 spiro atoms. The third-order valence-electron chi connectivity index (χ3n) is 3.10. The van der Waals surface area contributed by atoms with Crippen molar-refractivity contribution < 1.29 is 14.3 Å². The van der Waals surface area contributed by atoms with Gasteiger partial charge in [-0.3, -0.25) is 4.79 Å². The lowest BCUT2D eigenvalue weighted by Crippen LogP contribution is -2.13. The highest BCUT2D eigenvalue weighted by atomic mass is 32.1. The quantitative estimate of drug-likeness (QED) is 0.737. The Hall–Kier alpha value is -2.18. The molecule has 0 aliphatic heterocycles. The van der Waals surface area contributed by atoms with Crippen molar-refractivity contribution in [1.82, 2.24) is 0 Å². The number of methoxy groups -OCH3 is 1. The van der Waals surface area contributed by atoms with E-state index in [-0.39, 0.29) is 11.9 Å². The highest BCUT2D eigenvalue weighted by Gasteiger charge is 2.11. The van der Waals surface area contributed by atoms with Crippen LogP contribution in [-0.2, 0) is 16.0 Å². The van der Waals surface area contributed by atoms with Crippen LogP contribution in [0.2, 0.25) is 0 Å². The zero-order valence-electron chi connectivity index (χ0n) is 11.8. The number of carbonyl (C=O) groups excluding carboxylic acids is 2. The Labute approximate surface area is 135 Å². The Morgan fingerprint density at radius 1 is 1.23 bits per heavy atom. The highest BCUT2D eigenvalue weighted by Crippen LogP contribution is 2.28. The molecule has 3 aromatic rings. The number of benzene rings is 1. The summed E-state index contributed by atoms with van der Waals surface area (Å²) < 4.78 is 5.71. The van der Waals surface area contributed by atoms with Gasteiger partial charge in [0.05, 0.1) is 13.5 Å². The molecule has 1 amide bonds. The topological polar surface area (TPSA) is 55.4 Å². The molecule has 0 atom stereocenters. The maximum Gasteiger partial charge on any atom is 0.348 e. The van der Waals surface area contributed by atoms with E-state index in [9.17, 15) is 9.59 Å². The van der Waals surface area contributed by atoms with Crippen LogP contribution in [0.3, 0.4) is 0 Å². The molecule has 6 heteroatoms. The van der Waals surface area contributed by atoms with Crippen molar-refractivity contribution in [3.8, 4) is 0 Å². The normalized spacial score (nSPS) is 10.6. The molecule has 2 heterocycles. The van der Waals surface area contributed by atoms with Crippen LogP contribution >= 0.6 is 22.7 Å². The largest absolute Gasteiger partial charge is 0.465 e. The number of hydrogen-bond acceptors (Lipinski definition) is 5. The molecule has 0 radical (unpaired) electrons. The van der Waals surface area contributed by atoms with E-state index in [4.69, 9.17) is 4.74 Å². The smallest absolute Gasteiger partial charge is 0.348 e. The van der Waals surface area contributed by atoms with Gasteiger partial charge in [0.1, 0.15) is 4.88 Å². The summed E-state index contributed by atoms with van der Waals surface area (Å²) in [5.41, 5.74) is 0.725. The Morgan fingerprint density at radius 3 is 2.82 bits per heavy atom. The van der Waals surface area contributed by atoms with E-state index in [1.165, 1.54) is 18.4 Å². The maximum absolute atomic E-state index is 12.0. The molecule has 0 aliphatic carbocycles. The number of amides is 1. The Bertz CT molecular complexity index is 821. The van der Waals surface area contributed by atoms with Gasteiger partial charge >= 0.3 is 5.97 Å². The van der Waals surface area contributed by atoms with Gasteiger partial charge in [-0.2, -0.15) is 0 Å². The lowest BCUT2D eigenvalue weighted by atomic mass is 10.2. The average molecular weight is 331 g/mol. The summed E-state index contributed by atoms with van der Waals surface area (Å²) >= 11 is 2.94. The van der Waals surface area contributed by atoms with E-state index in [0.29, 0.717) is 11.3 Å². The molecule has 0 saturated heterocycles. The van der Waals surface area contributed by atoms with Crippen LogP contribution in [-0.4, -0.2) is 19.0 Å². The van der Waals surface area contributed by atoms with Gasteiger partial charge in [0.15, 0.2) is 0 Å². The number of ether oxygens (including phenoxy) is 1. The highest BCUT2D eigenvalue weighted by molar-refractivity contribution is 7.20. The molecule has 1 aromatic carbocycles. The first kappa shape index (κ1) is 14.7. The third-order valence-corrected chi connectivity index (χ3v) is 5.07. The molecule has 0 unspecified atom stereocenters. The first-order valence-corrected chi connectivity index (χ1v) is 8.29. The lowest BCUT2D eigenvalue weighted by molar-refractivity contribution is -0.115. The number of rotatable bonds is 4. The minimum atomic E-state index is -0.343. The van der Waals surface area contributed by atoms with Crippen molar-refractivity contribution in [1.29, 1.82) is 0 Å².